The maximum Gasteiger partial charge on any atom is 0.310 e. The van der Waals surface area contributed by atoms with E-state index in [2.05, 4.69) is 0 Å². The second kappa shape index (κ2) is 4.23. The molecule has 3 heteroatoms. The lowest BCUT2D eigenvalue weighted by Crippen LogP contribution is -2.15. The number of ether oxygens (including phenoxy) is 1. The third kappa shape index (κ3) is 1.84. The van der Waals surface area contributed by atoms with Crippen molar-refractivity contribution in [2.24, 2.45) is 17.8 Å². The van der Waals surface area contributed by atoms with E-state index in [-0.39, 0.29) is 35.6 Å². The van der Waals surface area contributed by atoms with Crippen LogP contribution >= 0.6 is 0 Å². The molecule has 3 rings (SSSR count). The first kappa shape index (κ1) is 11.5. The summed E-state index contributed by atoms with van der Waals surface area (Å²) in [5, 5.41) is 0. The van der Waals surface area contributed by atoms with Crippen LogP contribution in [0.2, 0.25) is 0 Å². The molecule has 3 nitrogen and oxygen atoms in total. The summed E-state index contributed by atoms with van der Waals surface area (Å²) in [6.45, 7) is 1.87. The van der Waals surface area contributed by atoms with E-state index in [1.807, 2.05) is 37.3 Å². The summed E-state index contributed by atoms with van der Waals surface area (Å²) in [7, 11) is 0. The van der Waals surface area contributed by atoms with Crippen molar-refractivity contribution in [3.63, 3.8) is 0 Å². The van der Waals surface area contributed by atoms with Gasteiger partial charge in [0.25, 0.3) is 0 Å². The van der Waals surface area contributed by atoms with E-state index in [9.17, 15) is 9.59 Å². The first-order valence-corrected chi connectivity index (χ1v) is 6.46. The average Bonchev–Trinajstić information content (AvgIpc) is 3.01. The Kier molecular flexibility index (Phi) is 2.69. The van der Waals surface area contributed by atoms with E-state index >= 15 is 0 Å². The maximum atomic E-state index is 12.0. The lowest BCUT2D eigenvalue weighted by molar-refractivity contribution is -0.151. The number of carbonyl (C=O) groups excluding carboxylic acids is 2. The summed E-state index contributed by atoms with van der Waals surface area (Å²) in [5.41, 5.74) is 0.989. The highest BCUT2D eigenvalue weighted by Gasteiger charge is 2.62. The van der Waals surface area contributed by atoms with Gasteiger partial charge in [-0.2, -0.15) is 0 Å². The van der Waals surface area contributed by atoms with Crippen molar-refractivity contribution in [2.75, 3.05) is 0 Å². The molecule has 18 heavy (non-hydrogen) atoms. The van der Waals surface area contributed by atoms with E-state index in [1.54, 1.807) is 0 Å². The minimum atomic E-state index is -0.241. The molecule has 0 aromatic heterocycles. The molecule has 4 atom stereocenters. The fraction of sp³-hybridized carbons (Fsp3) is 0.467. The molecule has 0 N–H and O–H groups in total. The third-order valence-electron chi connectivity index (χ3n) is 4.10. The van der Waals surface area contributed by atoms with Gasteiger partial charge in [0.2, 0.25) is 0 Å². The Morgan fingerprint density at radius 1 is 1.33 bits per heavy atom. The second-order valence-electron chi connectivity index (χ2n) is 5.21. The SMILES string of the molecule is CC(OC(=O)C1C2CCC(=O)[C@@H]21)c1ccccc1. The molecular weight excluding hydrogens is 228 g/mol. The van der Waals surface area contributed by atoms with Crippen molar-refractivity contribution >= 4 is 11.8 Å². The summed E-state index contributed by atoms with van der Waals surface area (Å²) in [4.78, 5) is 23.5. The summed E-state index contributed by atoms with van der Waals surface area (Å²) < 4.78 is 5.45. The minimum Gasteiger partial charge on any atom is -0.458 e. The largest absolute Gasteiger partial charge is 0.458 e. The predicted molar refractivity (Wildman–Crippen MR) is 65.7 cm³/mol. The Bertz CT molecular complexity index is 480. The van der Waals surface area contributed by atoms with Gasteiger partial charge >= 0.3 is 5.97 Å². The minimum absolute atomic E-state index is 0.0273. The van der Waals surface area contributed by atoms with E-state index < -0.39 is 0 Å². The Balaban J connectivity index is 1.61. The lowest BCUT2D eigenvalue weighted by Gasteiger charge is -2.14. The molecule has 1 aromatic rings. The summed E-state index contributed by atoms with van der Waals surface area (Å²) in [5.74, 6) is 0.134. The van der Waals surface area contributed by atoms with Crippen LogP contribution < -0.4 is 0 Å². The third-order valence-corrected chi connectivity index (χ3v) is 4.10. The highest BCUT2D eigenvalue weighted by molar-refractivity contribution is 5.94. The summed E-state index contributed by atoms with van der Waals surface area (Å²) in [6.07, 6.45) is 1.27. The quantitative estimate of drug-likeness (QED) is 0.767. The van der Waals surface area contributed by atoms with Crippen molar-refractivity contribution in [1.82, 2.24) is 0 Å². The van der Waals surface area contributed by atoms with Gasteiger partial charge in [0, 0.05) is 12.3 Å². The lowest BCUT2D eigenvalue weighted by atomic mass is 10.1. The molecule has 2 aliphatic carbocycles. The molecule has 0 saturated heterocycles. The van der Waals surface area contributed by atoms with Crippen molar-refractivity contribution in [1.29, 1.82) is 0 Å². The van der Waals surface area contributed by atoms with Crippen molar-refractivity contribution in [2.45, 2.75) is 25.9 Å². The molecule has 2 aliphatic rings. The predicted octanol–water partition coefficient (Wildman–Crippen LogP) is 2.52. The Morgan fingerprint density at radius 2 is 2.06 bits per heavy atom. The Hall–Kier alpha value is -1.64. The number of ketones is 1. The van der Waals surface area contributed by atoms with Crippen LogP contribution in [0.5, 0.6) is 0 Å². The zero-order valence-corrected chi connectivity index (χ0v) is 10.3. The number of hydrogen-bond acceptors (Lipinski definition) is 3. The second-order valence-corrected chi connectivity index (χ2v) is 5.21. The van der Waals surface area contributed by atoms with Crippen LogP contribution in [-0.2, 0) is 14.3 Å². The molecular formula is C15H16O3. The van der Waals surface area contributed by atoms with Crippen LogP contribution in [0.1, 0.15) is 31.4 Å². The van der Waals surface area contributed by atoms with Crippen LogP contribution in [0.15, 0.2) is 30.3 Å². The zero-order valence-electron chi connectivity index (χ0n) is 10.3. The van der Waals surface area contributed by atoms with Gasteiger partial charge in [-0.3, -0.25) is 9.59 Å². The molecule has 0 bridgehead atoms. The Morgan fingerprint density at radius 3 is 2.67 bits per heavy atom. The number of fused-ring (bicyclic) bond motifs is 1. The monoisotopic (exact) mass is 244 g/mol. The zero-order chi connectivity index (χ0) is 12.7. The smallest absolute Gasteiger partial charge is 0.310 e. The topological polar surface area (TPSA) is 43.4 Å². The molecule has 1 aromatic carbocycles. The molecule has 2 saturated carbocycles. The van der Waals surface area contributed by atoms with Gasteiger partial charge in [-0.15, -0.1) is 0 Å². The van der Waals surface area contributed by atoms with Crippen molar-refractivity contribution in [3.05, 3.63) is 35.9 Å². The van der Waals surface area contributed by atoms with E-state index in [0.29, 0.717) is 6.42 Å². The van der Waals surface area contributed by atoms with Gasteiger partial charge in [-0.1, -0.05) is 30.3 Å². The molecule has 0 radical (unpaired) electrons. The number of hydrogen-bond donors (Lipinski definition) is 0. The first-order chi connectivity index (χ1) is 8.68. The van der Waals surface area contributed by atoms with E-state index in [4.69, 9.17) is 4.74 Å². The molecule has 94 valence electrons. The normalized spacial score (nSPS) is 30.7. The fourth-order valence-corrected chi connectivity index (χ4v) is 3.01. The molecule has 3 unspecified atom stereocenters. The molecule has 0 heterocycles. The van der Waals surface area contributed by atoms with Crippen LogP contribution in [0.3, 0.4) is 0 Å². The number of esters is 1. The highest BCUT2D eigenvalue weighted by atomic mass is 16.5. The summed E-state index contributed by atoms with van der Waals surface area (Å²) in [6, 6.07) is 9.67. The number of benzene rings is 1. The average molecular weight is 244 g/mol. The van der Waals surface area contributed by atoms with Gasteiger partial charge < -0.3 is 4.74 Å². The number of Topliss-reactive ketones (excluding diaryl/α,β-unsaturated/α-hetero) is 1. The molecule has 0 amide bonds. The highest BCUT2D eigenvalue weighted by Crippen LogP contribution is 2.56. The van der Waals surface area contributed by atoms with Gasteiger partial charge in [-0.05, 0) is 24.8 Å². The number of carbonyl (C=O) groups is 2. The van der Waals surface area contributed by atoms with Crippen molar-refractivity contribution < 1.29 is 14.3 Å². The van der Waals surface area contributed by atoms with Crippen LogP contribution in [-0.4, -0.2) is 11.8 Å². The van der Waals surface area contributed by atoms with Crippen LogP contribution in [0.25, 0.3) is 0 Å². The van der Waals surface area contributed by atoms with Crippen molar-refractivity contribution in [3.8, 4) is 0 Å². The molecule has 0 spiro atoms. The van der Waals surface area contributed by atoms with Crippen LogP contribution in [0.4, 0.5) is 0 Å². The standard InChI is InChI=1S/C15H16O3/c1-9(10-5-3-2-4-6-10)18-15(17)14-11-7-8-12(16)13(11)14/h2-6,9,11,13-14H,7-8H2,1H3/t9?,11?,13-,14?/m1/s1. The van der Waals surface area contributed by atoms with Gasteiger partial charge in [0.1, 0.15) is 11.9 Å². The first-order valence-electron chi connectivity index (χ1n) is 6.46. The van der Waals surface area contributed by atoms with Gasteiger partial charge in [0.15, 0.2) is 0 Å². The molecule has 0 aliphatic heterocycles. The fourth-order valence-electron chi connectivity index (χ4n) is 3.01. The molecule has 2 fully saturated rings. The maximum absolute atomic E-state index is 12.0. The van der Waals surface area contributed by atoms with E-state index in [1.165, 1.54) is 0 Å². The van der Waals surface area contributed by atoms with E-state index in [0.717, 1.165) is 12.0 Å². The van der Waals surface area contributed by atoms with Crippen LogP contribution in [0, 0.1) is 17.8 Å². The Labute approximate surface area is 106 Å². The number of rotatable bonds is 3. The van der Waals surface area contributed by atoms with Gasteiger partial charge in [0.05, 0.1) is 5.92 Å². The summed E-state index contributed by atoms with van der Waals surface area (Å²) >= 11 is 0. The van der Waals surface area contributed by atoms with Gasteiger partial charge in [-0.25, -0.2) is 0 Å².